The summed E-state index contributed by atoms with van der Waals surface area (Å²) in [5.74, 6) is -1.71. The van der Waals surface area contributed by atoms with E-state index in [1.165, 1.54) is 13.8 Å². The fraction of sp³-hybridized carbons (Fsp3) is 0.929. The van der Waals surface area contributed by atoms with E-state index in [4.69, 9.17) is 66.3 Å². The number of aliphatic hydroxyl groups is 6. The normalized spacial score (nSPS) is 52.6. The third kappa shape index (κ3) is 10.7. The van der Waals surface area contributed by atoms with Gasteiger partial charge in [-0.3, -0.25) is 9.59 Å². The van der Waals surface area contributed by atoms with Crippen LogP contribution < -0.4 is 0 Å². The zero-order valence-corrected chi connectivity index (χ0v) is 47.6. The van der Waals surface area contributed by atoms with Crippen LogP contribution in [0.1, 0.15) is 139 Å². The van der Waals surface area contributed by atoms with Crippen LogP contribution in [0.2, 0.25) is 0 Å². The van der Waals surface area contributed by atoms with Gasteiger partial charge in [0.15, 0.2) is 37.2 Å². The van der Waals surface area contributed by atoms with Crippen LogP contribution in [0.5, 0.6) is 0 Å². The predicted octanol–water partition coefficient (Wildman–Crippen LogP) is 2.77. The van der Waals surface area contributed by atoms with Crippen molar-refractivity contribution < 1.29 is 107 Å². The van der Waals surface area contributed by atoms with Gasteiger partial charge < -0.3 is 97.0 Å². The standard InChI is InChI=1S/C56H90O22/c1-26-47(61)37(65-10)22-44(68-26)77-50-30(5)72-46(24-39(50)67-12)78-51-29(4)71-45(23-38(51)66-11)76-49-28(3)70-43(21-36(49)60)75-48-27(2)69-42(20-35(48)59)74-34-14-15-52(8)33(19-34)13-16-55(63)40(52)25-41(73-32(7)58)53(9)54(62,31(6)57)17-18-56(53,55)64/h13,26-30,34-51,59-64H,14-25H2,1-12H3/t26-,27+,28+,29-,30+,34-,35-,36-,37+,38+,39-,40+,41+,42-,43-,44-,45-,46-,47-,48+,49+,50+,51-,52-,53+,54+,55-,56+/m0/s1. The Balaban J connectivity index is 0.747. The van der Waals surface area contributed by atoms with Crippen LogP contribution in [0, 0.1) is 16.7 Å². The minimum Gasteiger partial charge on any atom is -0.462 e. The average Bonchev–Trinajstić information content (AvgIpc) is 3.58. The van der Waals surface area contributed by atoms with E-state index in [0.29, 0.717) is 32.1 Å². The Morgan fingerprint density at radius 2 is 1.03 bits per heavy atom. The number of carbonyl (C=O) groups is 2. The molecule has 0 radical (unpaired) electrons. The second kappa shape index (κ2) is 23.3. The SMILES string of the molecule is CO[C@H]1C[C@H](O[C@H]2[C@H](C)O[C@@H](O[C@H]3[C@@H](O)C[C@H](O[C@H]4[C@@H](O)C[C@H](O[C@H]5CC[C@@]6(C)C(=CC[C@]7(O)[C@@H]6C[C@@H](OC(C)=O)[C@@]6(C)[C@]7(O)CC[C@@]6(O)C(C)=O)C5)O[C@@H]4C)O[C@@H]3C)C[C@H]2OC)O[C@H](C)[C@H]1O[C@H]1C[C@@H](OC)[C@@H](O)[C@H](C)O1. The van der Waals surface area contributed by atoms with Crippen molar-refractivity contribution >= 4 is 11.8 Å². The van der Waals surface area contributed by atoms with Crippen molar-refractivity contribution in [1.29, 1.82) is 0 Å². The average molecular weight is 1120 g/mol. The van der Waals surface area contributed by atoms with Gasteiger partial charge >= 0.3 is 5.97 Å². The van der Waals surface area contributed by atoms with Gasteiger partial charge in [-0.05, 0) is 98.8 Å². The number of methoxy groups -OCH3 is 3. The van der Waals surface area contributed by atoms with Gasteiger partial charge in [-0.2, -0.15) is 0 Å². The highest BCUT2D eigenvalue weighted by atomic mass is 16.8. The van der Waals surface area contributed by atoms with E-state index in [1.807, 2.05) is 19.9 Å². The largest absolute Gasteiger partial charge is 0.462 e. The van der Waals surface area contributed by atoms with Crippen LogP contribution in [0.4, 0.5) is 0 Å². The lowest BCUT2D eigenvalue weighted by atomic mass is 9.42. The number of esters is 1. The van der Waals surface area contributed by atoms with Gasteiger partial charge in [0.25, 0.3) is 0 Å². The fourth-order valence-corrected chi connectivity index (χ4v) is 15.6. The molecule has 5 aliphatic heterocycles. The minimum atomic E-state index is -2.01. The Bertz CT molecular complexity index is 2110. The number of carbonyl (C=O) groups excluding carboxylic acids is 2. The summed E-state index contributed by atoms with van der Waals surface area (Å²) < 4.78 is 86.7. The highest BCUT2D eigenvalue weighted by Crippen LogP contribution is 2.71. The summed E-state index contributed by atoms with van der Waals surface area (Å²) in [7, 11) is 4.76. The molecule has 22 nitrogen and oxygen atoms in total. The van der Waals surface area contributed by atoms with Gasteiger partial charge in [-0.15, -0.1) is 0 Å². The number of Topliss-reactive ketones (excluding diaryl/α,β-unsaturated/α-hetero) is 1. The molecule has 8 fully saturated rings. The molecule has 5 heterocycles. The van der Waals surface area contributed by atoms with Crippen LogP contribution >= 0.6 is 0 Å². The zero-order chi connectivity index (χ0) is 56.6. The Morgan fingerprint density at radius 1 is 0.577 bits per heavy atom. The number of aliphatic hydroxyl groups excluding tert-OH is 3. The van der Waals surface area contributed by atoms with Crippen molar-refractivity contribution in [3.8, 4) is 0 Å². The highest BCUT2D eigenvalue weighted by Gasteiger charge is 2.81. The van der Waals surface area contributed by atoms with Gasteiger partial charge in [0, 0.05) is 66.3 Å². The quantitative estimate of drug-likeness (QED) is 0.102. The number of hydrogen-bond acceptors (Lipinski definition) is 22. The van der Waals surface area contributed by atoms with Crippen LogP contribution in [0.25, 0.3) is 0 Å². The molecule has 78 heavy (non-hydrogen) atoms. The summed E-state index contributed by atoms with van der Waals surface area (Å²) in [4.78, 5) is 25.6. The molecule has 0 spiro atoms. The van der Waals surface area contributed by atoms with Gasteiger partial charge in [0.2, 0.25) is 0 Å². The fourth-order valence-electron chi connectivity index (χ4n) is 15.6. The molecule has 5 saturated heterocycles. The third-order valence-electron chi connectivity index (χ3n) is 20.1. The Kier molecular flexibility index (Phi) is 18.1. The molecule has 9 aliphatic rings. The van der Waals surface area contributed by atoms with E-state index < -0.39 is 174 Å². The van der Waals surface area contributed by atoms with Crippen molar-refractivity contribution in [2.45, 2.75) is 291 Å². The van der Waals surface area contributed by atoms with Crippen molar-refractivity contribution in [2.24, 2.45) is 16.7 Å². The van der Waals surface area contributed by atoms with Gasteiger partial charge in [0.05, 0.1) is 72.6 Å². The number of ketones is 1. The maximum atomic E-state index is 13.0. The summed E-state index contributed by atoms with van der Waals surface area (Å²) in [6.07, 6.45) is -9.49. The smallest absolute Gasteiger partial charge is 0.302 e. The molecule has 3 saturated carbocycles. The molecular weight excluding hydrogens is 1020 g/mol. The number of hydrogen-bond donors (Lipinski definition) is 6. The molecular formula is C56H90O22. The molecule has 446 valence electrons. The van der Waals surface area contributed by atoms with Crippen molar-refractivity contribution in [1.82, 2.24) is 0 Å². The van der Waals surface area contributed by atoms with E-state index in [2.05, 4.69) is 6.92 Å². The van der Waals surface area contributed by atoms with E-state index in [1.54, 1.807) is 49.0 Å². The van der Waals surface area contributed by atoms with Crippen molar-refractivity contribution in [3.63, 3.8) is 0 Å². The topological polar surface area (TPSA) is 285 Å². The second-order valence-electron chi connectivity index (χ2n) is 24.5. The molecule has 0 aromatic heterocycles. The number of rotatable bonds is 15. The van der Waals surface area contributed by atoms with Crippen LogP contribution in [-0.2, 0) is 75.9 Å². The molecule has 4 aliphatic carbocycles. The van der Waals surface area contributed by atoms with Crippen LogP contribution in [-0.4, -0.2) is 216 Å². The molecule has 28 atom stereocenters. The van der Waals surface area contributed by atoms with E-state index in [0.717, 1.165) is 5.57 Å². The summed E-state index contributed by atoms with van der Waals surface area (Å²) in [5.41, 5.74) is -6.91. The van der Waals surface area contributed by atoms with Gasteiger partial charge in [-0.1, -0.05) is 18.6 Å². The van der Waals surface area contributed by atoms with Gasteiger partial charge in [-0.25, -0.2) is 0 Å². The first kappa shape index (κ1) is 60.7. The molecule has 0 unspecified atom stereocenters. The monoisotopic (exact) mass is 1110 g/mol. The minimum absolute atomic E-state index is 0.0413. The van der Waals surface area contributed by atoms with Gasteiger partial charge in [0.1, 0.15) is 53.4 Å². The molecule has 0 amide bonds. The lowest BCUT2D eigenvalue weighted by Crippen LogP contribution is -2.78. The molecule has 22 heteroatoms. The lowest BCUT2D eigenvalue weighted by Gasteiger charge is -2.67. The Morgan fingerprint density at radius 3 is 1.50 bits per heavy atom. The van der Waals surface area contributed by atoms with E-state index >= 15 is 0 Å². The number of ether oxygens (including phenoxy) is 14. The molecule has 0 aromatic rings. The van der Waals surface area contributed by atoms with Crippen LogP contribution in [0.15, 0.2) is 11.6 Å². The Hall–Kier alpha value is -1.88. The highest BCUT2D eigenvalue weighted by molar-refractivity contribution is 5.87. The Labute approximate surface area is 458 Å². The maximum Gasteiger partial charge on any atom is 0.302 e. The first-order valence-electron chi connectivity index (χ1n) is 28.5. The van der Waals surface area contributed by atoms with E-state index in [9.17, 15) is 40.2 Å². The van der Waals surface area contributed by atoms with Crippen molar-refractivity contribution in [3.05, 3.63) is 11.6 Å². The summed E-state index contributed by atoms with van der Waals surface area (Å²) >= 11 is 0. The molecule has 0 aromatic carbocycles. The van der Waals surface area contributed by atoms with Crippen LogP contribution in [0.3, 0.4) is 0 Å². The first-order chi connectivity index (χ1) is 36.7. The van der Waals surface area contributed by atoms with Crippen molar-refractivity contribution in [2.75, 3.05) is 21.3 Å². The molecule has 0 bridgehead atoms. The zero-order valence-electron chi connectivity index (χ0n) is 47.6. The lowest BCUT2D eigenvalue weighted by molar-refractivity contribution is -0.351. The molecule has 6 N–H and O–H groups in total. The second-order valence-corrected chi connectivity index (χ2v) is 24.5. The first-order valence-corrected chi connectivity index (χ1v) is 28.5. The maximum absolute atomic E-state index is 13.0. The van der Waals surface area contributed by atoms with E-state index in [-0.39, 0.29) is 51.0 Å². The summed E-state index contributed by atoms with van der Waals surface area (Å²) in [6, 6.07) is 0. The summed E-state index contributed by atoms with van der Waals surface area (Å²) in [6.45, 7) is 15.3. The molecule has 9 rings (SSSR count). The predicted molar refractivity (Wildman–Crippen MR) is 271 cm³/mol. The number of fused-ring (bicyclic) bond motifs is 5. The summed E-state index contributed by atoms with van der Waals surface area (Å²) in [5, 5.41) is 70.8. The third-order valence-corrected chi connectivity index (χ3v) is 20.1.